The van der Waals surface area contributed by atoms with E-state index in [-0.39, 0.29) is 30.0 Å². The van der Waals surface area contributed by atoms with Crippen LogP contribution < -0.4 is 5.73 Å². The van der Waals surface area contributed by atoms with Crippen molar-refractivity contribution in [3.05, 3.63) is 0 Å². The molecule has 0 aromatic carbocycles. The zero-order valence-corrected chi connectivity index (χ0v) is 7.85. The Balaban J connectivity index is 0.000000720. The van der Waals surface area contributed by atoms with Gasteiger partial charge in [0.2, 0.25) is 0 Å². The number of hydrogen-bond acceptors (Lipinski definition) is 3. The van der Waals surface area contributed by atoms with E-state index in [2.05, 4.69) is 0 Å². The Kier molecular flexibility index (Phi) is 2.99. The second-order valence-electron chi connectivity index (χ2n) is 3.70. The fourth-order valence-corrected chi connectivity index (χ4v) is 2.25. The molecule has 0 radical (unpaired) electrons. The van der Waals surface area contributed by atoms with Gasteiger partial charge in [-0.1, -0.05) is 0 Å². The second-order valence-corrected chi connectivity index (χ2v) is 3.70. The Labute approximate surface area is 78.7 Å². The molecule has 72 valence electrons. The lowest BCUT2D eigenvalue weighted by Gasteiger charge is -2.54. The van der Waals surface area contributed by atoms with Crippen molar-refractivity contribution < 1.29 is 9.84 Å². The maximum absolute atomic E-state index is 9.56. The van der Waals surface area contributed by atoms with E-state index in [1.165, 1.54) is 0 Å². The molecule has 3 nitrogen and oxygen atoms in total. The molecule has 2 rings (SSSR count). The topological polar surface area (TPSA) is 55.5 Å². The fourth-order valence-electron chi connectivity index (χ4n) is 2.25. The van der Waals surface area contributed by atoms with Crippen molar-refractivity contribution in [2.75, 3.05) is 13.2 Å². The molecule has 0 aromatic heterocycles. The van der Waals surface area contributed by atoms with Crippen molar-refractivity contribution in [2.24, 2.45) is 11.1 Å². The summed E-state index contributed by atoms with van der Waals surface area (Å²) >= 11 is 0. The summed E-state index contributed by atoms with van der Waals surface area (Å²) in [4.78, 5) is 0. The highest BCUT2D eigenvalue weighted by Gasteiger charge is 2.52. The predicted octanol–water partition coefficient (Wildman–Crippen LogP) is 0.297. The fraction of sp³-hybridized carbons (Fsp3) is 1.00. The van der Waals surface area contributed by atoms with E-state index in [0.717, 1.165) is 32.5 Å². The standard InChI is InChI=1S/C8H15NO2.ClH/c9-6-5-7(10)8(6)1-3-11-4-2-8;/h6-7,10H,1-5,9H2;1H/t6-,7-;/m1./s1. The Morgan fingerprint density at radius 2 is 1.92 bits per heavy atom. The van der Waals surface area contributed by atoms with Crippen molar-refractivity contribution in [1.29, 1.82) is 0 Å². The summed E-state index contributed by atoms with van der Waals surface area (Å²) in [5, 5.41) is 9.56. The highest BCUT2D eigenvalue weighted by Crippen LogP contribution is 2.47. The first-order chi connectivity index (χ1) is 5.26. The van der Waals surface area contributed by atoms with Gasteiger partial charge in [-0.3, -0.25) is 0 Å². The van der Waals surface area contributed by atoms with E-state index in [4.69, 9.17) is 10.5 Å². The molecule has 4 heteroatoms. The molecule has 12 heavy (non-hydrogen) atoms. The van der Waals surface area contributed by atoms with E-state index in [1.807, 2.05) is 0 Å². The van der Waals surface area contributed by atoms with Crippen molar-refractivity contribution in [3.8, 4) is 0 Å². The maximum Gasteiger partial charge on any atom is 0.0627 e. The number of halogens is 1. The molecule has 0 aromatic rings. The van der Waals surface area contributed by atoms with Crippen LogP contribution in [0.25, 0.3) is 0 Å². The summed E-state index contributed by atoms with van der Waals surface area (Å²) < 4.78 is 5.23. The van der Waals surface area contributed by atoms with Gasteiger partial charge in [0, 0.05) is 24.7 Å². The average Bonchev–Trinajstić information content (AvgIpc) is 2.07. The Bertz CT molecular complexity index is 149. The minimum atomic E-state index is -0.165. The quantitative estimate of drug-likeness (QED) is 0.582. The van der Waals surface area contributed by atoms with Crippen LogP contribution in [-0.2, 0) is 4.74 Å². The number of aliphatic hydroxyl groups excluding tert-OH is 1. The molecule has 2 atom stereocenters. The van der Waals surface area contributed by atoms with Crippen molar-refractivity contribution in [2.45, 2.75) is 31.4 Å². The minimum absolute atomic E-state index is 0. The predicted molar refractivity (Wildman–Crippen MR) is 48.3 cm³/mol. The van der Waals surface area contributed by atoms with Gasteiger partial charge in [-0.05, 0) is 19.3 Å². The molecule has 0 bridgehead atoms. The summed E-state index contributed by atoms with van der Waals surface area (Å²) in [6, 6.07) is 0.210. The normalized spacial score (nSPS) is 38.5. The van der Waals surface area contributed by atoms with E-state index < -0.39 is 0 Å². The molecule has 2 fully saturated rings. The first-order valence-electron chi connectivity index (χ1n) is 4.27. The van der Waals surface area contributed by atoms with Crippen molar-refractivity contribution in [3.63, 3.8) is 0 Å². The molecule has 0 amide bonds. The molecular weight excluding hydrogens is 178 g/mol. The first-order valence-corrected chi connectivity index (χ1v) is 4.27. The monoisotopic (exact) mass is 193 g/mol. The zero-order chi connectivity index (χ0) is 7.90. The molecule has 2 aliphatic rings. The summed E-state index contributed by atoms with van der Waals surface area (Å²) in [7, 11) is 0. The smallest absolute Gasteiger partial charge is 0.0627 e. The van der Waals surface area contributed by atoms with Gasteiger partial charge in [-0.15, -0.1) is 12.4 Å². The molecule has 1 aliphatic heterocycles. The lowest BCUT2D eigenvalue weighted by Crippen LogP contribution is -2.63. The number of aliphatic hydroxyl groups is 1. The highest BCUT2D eigenvalue weighted by molar-refractivity contribution is 5.85. The molecule has 1 heterocycles. The molecule has 1 spiro atoms. The van der Waals surface area contributed by atoms with Gasteiger partial charge in [0.05, 0.1) is 6.10 Å². The molecule has 0 unspecified atom stereocenters. The average molecular weight is 194 g/mol. The third-order valence-corrected chi connectivity index (χ3v) is 3.30. The maximum atomic E-state index is 9.56. The van der Waals surface area contributed by atoms with Crippen LogP contribution in [0.3, 0.4) is 0 Å². The van der Waals surface area contributed by atoms with Gasteiger partial charge in [-0.2, -0.15) is 0 Å². The third kappa shape index (κ3) is 1.25. The summed E-state index contributed by atoms with van der Waals surface area (Å²) in [5.74, 6) is 0. The largest absolute Gasteiger partial charge is 0.392 e. The lowest BCUT2D eigenvalue weighted by molar-refractivity contribution is -0.138. The molecular formula is C8H16ClNO2. The van der Waals surface area contributed by atoms with Crippen molar-refractivity contribution >= 4 is 12.4 Å². The zero-order valence-electron chi connectivity index (χ0n) is 7.03. The lowest BCUT2D eigenvalue weighted by atomic mass is 9.58. The number of nitrogens with two attached hydrogens (primary N) is 1. The van der Waals surface area contributed by atoms with Crippen LogP contribution in [0.4, 0.5) is 0 Å². The third-order valence-electron chi connectivity index (χ3n) is 3.30. The van der Waals surface area contributed by atoms with E-state index in [0.29, 0.717) is 0 Å². The number of hydrogen-bond donors (Lipinski definition) is 2. The Hall–Kier alpha value is 0.170. The Morgan fingerprint density at radius 1 is 1.33 bits per heavy atom. The second kappa shape index (κ2) is 3.50. The molecule has 1 saturated heterocycles. The minimum Gasteiger partial charge on any atom is -0.392 e. The van der Waals surface area contributed by atoms with Gasteiger partial charge in [-0.25, -0.2) is 0 Å². The van der Waals surface area contributed by atoms with Crippen LogP contribution in [0, 0.1) is 5.41 Å². The summed E-state index contributed by atoms with van der Waals surface area (Å²) in [6.07, 6.45) is 2.49. The van der Waals surface area contributed by atoms with Crippen molar-refractivity contribution in [1.82, 2.24) is 0 Å². The van der Waals surface area contributed by atoms with Crippen LogP contribution in [0.2, 0.25) is 0 Å². The van der Waals surface area contributed by atoms with E-state index in [9.17, 15) is 5.11 Å². The number of ether oxygens (including phenoxy) is 1. The van der Waals surface area contributed by atoms with E-state index in [1.54, 1.807) is 0 Å². The van der Waals surface area contributed by atoms with Gasteiger partial charge < -0.3 is 15.6 Å². The first kappa shape index (κ1) is 10.3. The van der Waals surface area contributed by atoms with Gasteiger partial charge >= 0.3 is 0 Å². The van der Waals surface area contributed by atoms with Crippen LogP contribution in [0.15, 0.2) is 0 Å². The van der Waals surface area contributed by atoms with Gasteiger partial charge in [0.1, 0.15) is 0 Å². The molecule has 3 N–H and O–H groups in total. The van der Waals surface area contributed by atoms with Crippen LogP contribution >= 0.6 is 12.4 Å². The summed E-state index contributed by atoms with van der Waals surface area (Å²) in [6.45, 7) is 1.54. The van der Waals surface area contributed by atoms with Crippen LogP contribution in [0.5, 0.6) is 0 Å². The summed E-state index contributed by atoms with van der Waals surface area (Å²) in [5.41, 5.74) is 5.89. The SMILES string of the molecule is Cl.N[C@@H]1C[C@@H](O)C12CCOCC2. The highest BCUT2D eigenvalue weighted by atomic mass is 35.5. The van der Waals surface area contributed by atoms with Crippen LogP contribution in [-0.4, -0.2) is 30.5 Å². The van der Waals surface area contributed by atoms with E-state index >= 15 is 0 Å². The van der Waals surface area contributed by atoms with Gasteiger partial charge in [0.15, 0.2) is 0 Å². The molecule has 1 aliphatic carbocycles. The van der Waals surface area contributed by atoms with Gasteiger partial charge in [0.25, 0.3) is 0 Å². The number of rotatable bonds is 0. The van der Waals surface area contributed by atoms with Crippen LogP contribution in [0.1, 0.15) is 19.3 Å². The molecule has 1 saturated carbocycles. The Morgan fingerprint density at radius 3 is 2.25 bits per heavy atom.